The summed E-state index contributed by atoms with van der Waals surface area (Å²) in [5.74, 6) is -0.326. The van der Waals surface area contributed by atoms with Gasteiger partial charge in [-0.25, -0.2) is 14.6 Å². The van der Waals surface area contributed by atoms with E-state index in [4.69, 9.17) is 10.5 Å². The molecule has 3 atom stereocenters. The van der Waals surface area contributed by atoms with Crippen molar-refractivity contribution in [3.8, 4) is 0 Å². The number of hydrazine groups is 1. The second-order valence-electron chi connectivity index (χ2n) is 16.2. The molecule has 3 rings (SSSR count). The molecular formula is C39H61N7O6. The first kappa shape index (κ1) is 42.2. The van der Waals surface area contributed by atoms with Gasteiger partial charge in [0.1, 0.15) is 6.04 Å². The smallest absolute Gasteiger partial charge is 0.404 e. The summed E-state index contributed by atoms with van der Waals surface area (Å²) in [6.07, 6.45) is -0.252. The number of hydrogen-bond acceptors (Lipinski definition) is 8. The monoisotopic (exact) mass is 723 g/mol. The van der Waals surface area contributed by atoms with E-state index in [1.807, 2.05) is 76.2 Å². The van der Waals surface area contributed by atoms with Crippen molar-refractivity contribution in [3.63, 3.8) is 0 Å². The molecule has 0 unspecified atom stereocenters. The predicted molar refractivity (Wildman–Crippen MR) is 201 cm³/mol. The number of aryl methyl sites for hydroxylation is 1. The average Bonchev–Trinajstić information content (AvgIpc) is 3.39. The number of ether oxygens (including phenoxy) is 1. The molecule has 0 saturated carbocycles. The van der Waals surface area contributed by atoms with Crippen molar-refractivity contribution in [1.29, 1.82) is 0 Å². The third-order valence-electron chi connectivity index (χ3n) is 9.09. The Balaban J connectivity index is 1.79. The maximum Gasteiger partial charge on any atom is 0.404 e. The Labute approximate surface area is 309 Å². The van der Waals surface area contributed by atoms with Gasteiger partial charge in [0.25, 0.3) is 0 Å². The molecule has 0 spiro atoms. The molecule has 5 amide bonds. The SMILES string of the molecule is Cc1cccc(CCN2CCN([C@H](C(=O)N[C@@H](Cc3ccccc3)[C@@H](O)CN(CCC(C)C)NC(=O)CC(C)(C)COC(N)=O)C(C)(C)C)C2=O)n1. The number of aliphatic hydroxyl groups excluding tert-OH is 1. The van der Waals surface area contributed by atoms with Crippen molar-refractivity contribution < 1.29 is 29.0 Å². The first-order chi connectivity index (χ1) is 24.3. The zero-order chi connectivity index (χ0) is 38.6. The highest BCUT2D eigenvalue weighted by atomic mass is 16.5. The zero-order valence-corrected chi connectivity index (χ0v) is 32.4. The van der Waals surface area contributed by atoms with Gasteiger partial charge < -0.3 is 30.7 Å². The summed E-state index contributed by atoms with van der Waals surface area (Å²) in [7, 11) is 0. The number of carbonyl (C=O) groups excluding carboxylic acids is 4. The van der Waals surface area contributed by atoms with Gasteiger partial charge in [-0.2, -0.15) is 0 Å². The maximum atomic E-state index is 14.3. The predicted octanol–water partition coefficient (Wildman–Crippen LogP) is 4.06. The third-order valence-corrected chi connectivity index (χ3v) is 9.09. The lowest BCUT2D eigenvalue weighted by Gasteiger charge is -2.38. The van der Waals surface area contributed by atoms with E-state index in [2.05, 4.69) is 29.6 Å². The van der Waals surface area contributed by atoms with E-state index >= 15 is 0 Å². The van der Waals surface area contributed by atoms with E-state index in [-0.39, 0.29) is 37.4 Å². The number of amides is 5. The van der Waals surface area contributed by atoms with Gasteiger partial charge in [-0.15, -0.1) is 0 Å². The number of nitrogens with one attached hydrogen (secondary N) is 2. The van der Waals surface area contributed by atoms with E-state index in [1.54, 1.807) is 28.7 Å². The third kappa shape index (κ3) is 13.7. The molecule has 1 fully saturated rings. The highest BCUT2D eigenvalue weighted by Crippen LogP contribution is 2.28. The molecule has 1 saturated heterocycles. The van der Waals surface area contributed by atoms with Gasteiger partial charge in [0.05, 0.1) is 18.8 Å². The quantitative estimate of drug-likeness (QED) is 0.157. The van der Waals surface area contributed by atoms with Crippen LogP contribution in [0.25, 0.3) is 0 Å². The molecule has 5 N–H and O–H groups in total. The van der Waals surface area contributed by atoms with E-state index in [9.17, 15) is 24.3 Å². The molecule has 2 aromatic rings. The molecule has 52 heavy (non-hydrogen) atoms. The number of aliphatic hydroxyl groups is 1. The standard InChI is InChI=1S/C39H61N7O6/c1-27(2)17-20-45(43-33(48)24-39(7,8)26-52-36(40)50)25-32(47)31(23-29-14-10-9-11-15-29)42-35(49)34(38(4,5)6)46-22-21-44(37(46)51)19-18-30-16-12-13-28(3)41-30/h9-16,27,31-32,34,47H,17-26H2,1-8H3,(H2,40,50)(H,42,49)(H,43,48)/t31-,32-,34+/m0/s1. The van der Waals surface area contributed by atoms with Crippen molar-refractivity contribution in [1.82, 2.24) is 30.5 Å². The largest absolute Gasteiger partial charge is 0.449 e. The molecule has 0 aliphatic carbocycles. The van der Waals surface area contributed by atoms with Gasteiger partial charge in [-0.3, -0.25) is 20.0 Å². The van der Waals surface area contributed by atoms with Crippen LogP contribution in [0.5, 0.6) is 0 Å². The number of rotatable bonds is 19. The van der Waals surface area contributed by atoms with Crippen LogP contribution in [0, 0.1) is 23.7 Å². The summed E-state index contributed by atoms with van der Waals surface area (Å²) >= 11 is 0. The Morgan fingerprint density at radius 2 is 1.73 bits per heavy atom. The molecule has 2 heterocycles. The van der Waals surface area contributed by atoms with Crippen LogP contribution in [0.3, 0.4) is 0 Å². The van der Waals surface area contributed by atoms with Crippen LogP contribution in [0.4, 0.5) is 9.59 Å². The maximum absolute atomic E-state index is 14.3. The van der Waals surface area contributed by atoms with Crippen LogP contribution in [-0.4, -0.2) is 106 Å². The molecule has 1 aromatic heterocycles. The number of aromatic nitrogens is 1. The second kappa shape index (κ2) is 19.0. The second-order valence-corrected chi connectivity index (χ2v) is 16.2. The van der Waals surface area contributed by atoms with Crippen LogP contribution in [0.15, 0.2) is 48.5 Å². The van der Waals surface area contributed by atoms with Gasteiger partial charge in [-0.05, 0) is 48.8 Å². The van der Waals surface area contributed by atoms with Gasteiger partial charge in [0, 0.05) is 62.4 Å². The van der Waals surface area contributed by atoms with Crippen molar-refractivity contribution >= 4 is 23.9 Å². The molecule has 0 radical (unpaired) electrons. The normalized spacial score (nSPS) is 15.5. The van der Waals surface area contributed by atoms with E-state index in [0.717, 1.165) is 23.4 Å². The lowest BCUT2D eigenvalue weighted by Crippen LogP contribution is -2.60. The summed E-state index contributed by atoms with van der Waals surface area (Å²) in [6, 6.07) is 13.7. The lowest BCUT2D eigenvalue weighted by atomic mass is 9.84. The van der Waals surface area contributed by atoms with Crippen LogP contribution >= 0.6 is 0 Å². The number of pyridine rings is 1. The van der Waals surface area contributed by atoms with Crippen LogP contribution < -0.4 is 16.5 Å². The first-order valence-electron chi connectivity index (χ1n) is 18.3. The molecule has 13 heteroatoms. The Bertz CT molecular complexity index is 1480. The minimum Gasteiger partial charge on any atom is -0.449 e. The number of nitrogens with two attached hydrogens (primary N) is 1. The van der Waals surface area contributed by atoms with E-state index in [0.29, 0.717) is 44.9 Å². The van der Waals surface area contributed by atoms with Crippen molar-refractivity contribution in [2.75, 3.05) is 39.3 Å². The van der Waals surface area contributed by atoms with Crippen molar-refractivity contribution in [2.45, 2.75) is 99.3 Å². The number of hydrogen-bond donors (Lipinski definition) is 4. The molecule has 1 aliphatic rings. The summed E-state index contributed by atoms with van der Waals surface area (Å²) in [4.78, 5) is 60.4. The van der Waals surface area contributed by atoms with E-state index in [1.165, 1.54) is 0 Å². The number of benzene rings is 1. The Kier molecular flexibility index (Phi) is 15.4. The van der Waals surface area contributed by atoms with Gasteiger partial charge >= 0.3 is 12.1 Å². The van der Waals surface area contributed by atoms with Gasteiger partial charge in [0.2, 0.25) is 11.8 Å². The minimum atomic E-state index is -1.09. The molecule has 13 nitrogen and oxygen atoms in total. The molecule has 1 aromatic carbocycles. The fourth-order valence-corrected chi connectivity index (χ4v) is 6.38. The lowest BCUT2D eigenvalue weighted by molar-refractivity contribution is -0.132. The average molecular weight is 724 g/mol. The van der Waals surface area contributed by atoms with Crippen molar-refractivity contribution in [3.05, 3.63) is 65.5 Å². The van der Waals surface area contributed by atoms with Crippen LogP contribution in [0.2, 0.25) is 0 Å². The number of carbonyl (C=O) groups is 4. The Hall–Kier alpha value is -4.23. The molecule has 0 bridgehead atoms. The van der Waals surface area contributed by atoms with E-state index < -0.39 is 35.1 Å². The number of nitrogens with zero attached hydrogens (tertiary/aromatic N) is 4. The number of urea groups is 1. The van der Waals surface area contributed by atoms with Gasteiger partial charge in [-0.1, -0.05) is 84.9 Å². The van der Waals surface area contributed by atoms with Crippen molar-refractivity contribution in [2.24, 2.45) is 22.5 Å². The highest BCUT2D eigenvalue weighted by molar-refractivity contribution is 5.89. The van der Waals surface area contributed by atoms with Crippen LogP contribution in [0.1, 0.15) is 78.3 Å². The summed E-state index contributed by atoms with van der Waals surface area (Å²) < 4.78 is 4.94. The molecular weight excluding hydrogens is 662 g/mol. The minimum absolute atomic E-state index is 0.0221. The summed E-state index contributed by atoms with van der Waals surface area (Å²) in [6.45, 7) is 17.4. The fraction of sp³-hybridized carbons (Fsp3) is 0.615. The molecule has 1 aliphatic heterocycles. The topological polar surface area (TPSA) is 170 Å². The summed E-state index contributed by atoms with van der Waals surface area (Å²) in [5, 5.41) is 16.6. The summed E-state index contributed by atoms with van der Waals surface area (Å²) in [5.41, 5.74) is 9.53. The zero-order valence-electron chi connectivity index (χ0n) is 32.4. The Morgan fingerprint density at radius 3 is 2.35 bits per heavy atom. The highest BCUT2D eigenvalue weighted by Gasteiger charge is 2.44. The fourth-order valence-electron chi connectivity index (χ4n) is 6.38. The molecule has 288 valence electrons. The van der Waals surface area contributed by atoms with Crippen LogP contribution in [-0.2, 0) is 27.2 Å². The van der Waals surface area contributed by atoms with Gasteiger partial charge in [0.15, 0.2) is 0 Å². The first-order valence-corrected chi connectivity index (χ1v) is 18.3. The Morgan fingerprint density at radius 1 is 1.04 bits per heavy atom. The number of primary amides is 1.